The lowest BCUT2D eigenvalue weighted by Crippen LogP contribution is -2.19. The summed E-state index contributed by atoms with van der Waals surface area (Å²) in [4.78, 5) is 4.37. The van der Waals surface area contributed by atoms with Crippen LogP contribution in [0.3, 0.4) is 0 Å². The number of nitrogens with zero attached hydrogens (tertiary/aromatic N) is 3. The summed E-state index contributed by atoms with van der Waals surface area (Å²) in [6.45, 7) is 8.04. The molecule has 0 radical (unpaired) electrons. The first-order chi connectivity index (χ1) is 8.90. The van der Waals surface area contributed by atoms with Crippen molar-refractivity contribution >= 4 is 11.6 Å². The zero-order valence-electron chi connectivity index (χ0n) is 11.7. The van der Waals surface area contributed by atoms with E-state index in [1.165, 1.54) is 0 Å². The lowest BCUT2D eigenvalue weighted by atomic mass is 10.0. The predicted molar refractivity (Wildman–Crippen MR) is 77.4 cm³/mol. The quantitative estimate of drug-likeness (QED) is 0.938. The smallest absolute Gasteiger partial charge is 0.0837 e. The average Bonchev–Trinajstić information content (AvgIpc) is 2.69. The van der Waals surface area contributed by atoms with Crippen molar-refractivity contribution in [3.8, 4) is 0 Å². The number of halogens is 1. The number of hydrogen-bond acceptors (Lipinski definition) is 3. The zero-order chi connectivity index (χ0) is 14.2. The minimum atomic E-state index is -0.294. The molecule has 19 heavy (non-hydrogen) atoms. The van der Waals surface area contributed by atoms with E-state index in [2.05, 4.69) is 23.9 Å². The van der Waals surface area contributed by atoms with Crippen LogP contribution in [0.2, 0.25) is 5.02 Å². The molecule has 0 bridgehead atoms. The van der Waals surface area contributed by atoms with Crippen LogP contribution in [0, 0.1) is 13.8 Å². The topological polar surface area (TPSA) is 56.7 Å². The second kappa shape index (κ2) is 5.31. The summed E-state index contributed by atoms with van der Waals surface area (Å²) < 4.78 is 1.87. The van der Waals surface area contributed by atoms with Crippen LogP contribution in [0.25, 0.3) is 0 Å². The van der Waals surface area contributed by atoms with E-state index >= 15 is 0 Å². The Bertz CT molecular complexity index is 569. The number of aryl methyl sites for hydroxylation is 2. The second-order valence-corrected chi connectivity index (χ2v) is 5.48. The summed E-state index contributed by atoms with van der Waals surface area (Å²) in [5, 5.41) is 4.90. The molecule has 0 spiro atoms. The molecule has 2 rings (SSSR count). The predicted octanol–water partition coefficient (Wildman–Crippen LogP) is 3.18. The molecular formula is C14H19ClN4. The molecule has 4 nitrogen and oxygen atoms in total. The highest BCUT2D eigenvalue weighted by molar-refractivity contribution is 6.31. The Balaban J connectivity index is 2.49. The summed E-state index contributed by atoms with van der Waals surface area (Å²) in [6, 6.07) is 3.91. The van der Waals surface area contributed by atoms with Gasteiger partial charge in [0.1, 0.15) is 0 Å². The minimum Gasteiger partial charge on any atom is -0.319 e. The van der Waals surface area contributed by atoms with Crippen LogP contribution in [0.15, 0.2) is 18.3 Å². The third-order valence-corrected chi connectivity index (χ3v) is 3.32. The lowest BCUT2D eigenvalue weighted by Gasteiger charge is -2.18. The number of hydrogen-bond donors (Lipinski definition) is 1. The van der Waals surface area contributed by atoms with E-state index in [0.717, 1.165) is 22.6 Å². The monoisotopic (exact) mass is 278 g/mol. The molecule has 2 heterocycles. The van der Waals surface area contributed by atoms with Crippen molar-refractivity contribution in [2.45, 2.75) is 39.8 Å². The van der Waals surface area contributed by atoms with Crippen LogP contribution in [0.5, 0.6) is 0 Å². The Morgan fingerprint density at radius 2 is 1.79 bits per heavy atom. The fraction of sp³-hybridized carbons (Fsp3) is 0.429. The van der Waals surface area contributed by atoms with Gasteiger partial charge in [0.25, 0.3) is 0 Å². The van der Waals surface area contributed by atoms with Crippen molar-refractivity contribution < 1.29 is 0 Å². The molecule has 0 aliphatic carbocycles. The van der Waals surface area contributed by atoms with Gasteiger partial charge in [-0.25, -0.2) is 0 Å². The third kappa shape index (κ3) is 2.80. The molecule has 2 aromatic rings. The standard InChI is InChI=1S/C14H19ClN4/c1-8(2)19-14(12(15)7-17-19)13(16)11-5-9(3)18-10(4)6-11/h5-8,13H,16H2,1-4H3. The van der Waals surface area contributed by atoms with Gasteiger partial charge in [-0.3, -0.25) is 9.67 Å². The van der Waals surface area contributed by atoms with Crippen LogP contribution in [-0.4, -0.2) is 14.8 Å². The van der Waals surface area contributed by atoms with E-state index < -0.39 is 0 Å². The van der Waals surface area contributed by atoms with Gasteiger partial charge in [-0.05, 0) is 45.4 Å². The van der Waals surface area contributed by atoms with Crippen LogP contribution in [0.1, 0.15) is 48.6 Å². The summed E-state index contributed by atoms with van der Waals surface area (Å²) in [5.74, 6) is 0. The van der Waals surface area contributed by atoms with E-state index in [-0.39, 0.29) is 12.1 Å². The second-order valence-electron chi connectivity index (χ2n) is 5.08. The highest BCUT2D eigenvalue weighted by Crippen LogP contribution is 2.28. The first-order valence-corrected chi connectivity index (χ1v) is 6.71. The van der Waals surface area contributed by atoms with Gasteiger partial charge in [0.15, 0.2) is 0 Å². The van der Waals surface area contributed by atoms with Gasteiger partial charge >= 0.3 is 0 Å². The molecule has 0 aliphatic rings. The Hall–Kier alpha value is -1.39. The van der Waals surface area contributed by atoms with Crippen LogP contribution in [-0.2, 0) is 0 Å². The summed E-state index contributed by atoms with van der Waals surface area (Å²) >= 11 is 6.23. The largest absolute Gasteiger partial charge is 0.319 e. The number of aromatic nitrogens is 3. The molecular weight excluding hydrogens is 260 g/mol. The molecule has 102 valence electrons. The van der Waals surface area contributed by atoms with Gasteiger partial charge in [0, 0.05) is 17.4 Å². The fourth-order valence-corrected chi connectivity index (χ4v) is 2.51. The molecule has 0 amide bonds. The summed E-state index contributed by atoms with van der Waals surface area (Å²) in [6.07, 6.45) is 1.65. The molecule has 5 heteroatoms. The van der Waals surface area contributed by atoms with E-state index in [9.17, 15) is 0 Å². The van der Waals surface area contributed by atoms with Gasteiger partial charge in [0.2, 0.25) is 0 Å². The first-order valence-electron chi connectivity index (χ1n) is 6.33. The van der Waals surface area contributed by atoms with Crippen molar-refractivity contribution in [2.75, 3.05) is 0 Å². The van der Waals surface area contributed by atoms with Crippen molar-refractivity contribution in [2.24, 2.45) is 5.73 Å². The van der Waals surface area contributed by atoms with Gasteiger partial charge in [-0.1, -0.05) is 11.6 Å². The Morgan fingerprint density at radius 1 is 1.21 bits per heavy atom. The van der Waals surface area contributed by atoms with Gasteiger partial charge < -0.3 is 5.73 Å². The first kappa shape index (κ1) is 14.0. The lowest BCUT2D eigenvalue weighted by molar-refractivity contribution is 0.499. The van der Waals surface area contributed by atoms with Gasteiger partial charge in [-0.2, -0.15) is 5.10 Å². The molecule has 1 unspecified atom stereocenters. The van der Waals surface area contributed by atoms with E-state index in [1.54, 1.807) is 6.20 Å². The molecule has 2 aromatic heterocycles. The van der Waals surface area contributed by atoms with Crippen molar-refractivity contribution in [3.05, 3.63) is 46.0 Å². The maximum atomic E-state index is 6.36. The molecule has 0 saturated heterocycles. The average molecular weight is 279 g/mol. The van der Waals surface area contributed by atoms with Gasteiger partial charge in [0.05, 0.1) is 23.0 Å². The van der Waals surface area contributed by atoms with Crippen LogP contribution in [0.4, 0.5) is 0 Å². The van der Waals surface area contributed by atoms with Crippen LogP contribution >= 0.6 is 11.6 Å². The van der Waals surface area contributed by atoms with E-state index in [4.69, 9.17) is 17.3 Å². The minimum absolute atomic E-state index is 0.220. The normalized spacial score (nSPS) is 13.0. The molecule has 2 N–H and O–H groups in total. The SMILES string of the molecule is Cc1cc(C(N)c2c(Cl)cnn2C(C)C)cc(C)n1. The molecule has 0 fully saturated rings. The van der Waals surface area contributed by atoms with Gasteiger partial charge in [-0.15, -0.1) is 0 Å². The molecule has 0 aliphatic heterocycles. The highest BCUT2D eigenvalue weighted by atomic mass is 35.5. The number of rotatable bonds is 3. The Labute approximate surface area is 118 Å². The maximum Gasteiger partial charge on any atom is 0.0837 e. The summed E-state index contributed by atoms with van der Waals surface area (Å²) in [7, 11) is 0. The van der Waals surface area contributed by atoms with E-state index in [0.29, 0.717) is 5.02 Å². The van der Waals surface area contributed by atoms with Crippen molar-refractivity contribution in [1.82, 2.24) is 14.8 Å². The summed E-state index contributed by atoms with van der Waals surface area (Å²) in [5.41, 5.74) is 10.1. The van der Waals surface area contributed by atoms with Crippen molar-refractivity contribution in [3.63, 3.8) is 0 Å². The van der Waals surface area contributed by atoms with Crippen molar-refractivity contribution in [1.29, 1.82) is 0 Å². The number of nitrogens with two attached hydrogens (primary N) is 1. The van der Waals surface area contributed by atoms with Crippen LogP contribution < -0.4 is 5.73 Å². The third-order valence-electron chi connectivity index (χ3n) is 3.03. The number of pyridine rings is 1. The Kier molecular flexibility index (Phi) is 3.92. The highest BCUT2D eigenvalue weighted by Gasteiger charge is 2.20. The zero-order valence-corrected chi connectivity index (χ0v) is 12.4. The maximum absolute atomic E-state index is 6.36. The molecule has 0 aromatic carbocycles. The molecule has 1 atom stereocenters. The Morgan fingerprint density at radius 3 is 2.32 bits per heavy atom. The molecule has 0 saturated carbocycles. The fourth-order valence-electron chi connectivity index (χ4n) is 2.26. The van der Waals surface area contributed by atoms with E-state index in [1.807, 2.05) is 30.7 Å².